The van der Waals surface area contributed by atoms with Gasteiger partial charge in [0, 0.05) is 19.1 Å². The van der Waals surface area contributed by atoms with E-state index in [1.807, 2.05) is 0 Å². The third-order valence-corrected chi connectivity index (χ3v) is 3.83. The molecular weight excluding hydrogens is 204 g/mol. The van der Waals surface area contributed by atoms with Crippen molar-refractivity contribution in [2.24, 2.45) is 0 Å². The highest BCUT2D eigenvalue weighted by Crippen LogP contribution is 2.35. The average molecular weight is 226 g/mol. The molecule has 2 aliphatic rings. The molecule has 0 aromatic carbocycles. The van der Waals surface area contributed by atoms with Gasteiger partial charge in [0.05, 0.1) is 5.54 Å². The lowest BCUT2D eigenvalue weighted by Gasteiger charge is -2.29. The Hall–Kier alpha value is -0.770. The summed E-state index contributed by atoms with van der Waals surface area (Å²) in [5.41, 5.74) is -0.162. The molecule has 0 spiro atoms. The summed E-state index contributed by atoms with van der Waals surface area (Å²) in [5, 5.41) is 11.7. The molecule has 0 aromatic rings. The third kappa shape index (κ3) is 2.67. The van der Waals surface area contributed by atoms with E-state index in [0.29, 0.717) is 0 Å². The molecule has 0 bridgehead atoms. The molecule has 1 heterocycles. The van der Waals surface area contributed by atoms with E-state index in [9.17, 15) is 4.79 Å². The summed E-state index contributed by atoms with van der Waals surface area (Å²) in [5.74, 6) is 0. The largest absolute Gasteiger partial charge is 0.465 e. The van der Waals surface area contributed by atoms with Gasteiger partial charge in [-0.25, -0.2) is 4.79 Å². The zero-order chi connectivity index (χ0) is 11.6. The van der Waals surface area contributed by atoms with Gasteiger partial charge in [-0.3, -0.25) is 4.90 Å². The van der Waals surface area contributed by atoms with Crippen molar-refractivity contribution in [2.45, 2.75) is 57.0 Å². The van der Waals surface area contributed by atoms with Crippen LogP contribution < -0.4 is 5.32 Å². The molecule has 1 atom stereocenters. The first kappa shape index (κ1) is 11.7. The van der Waals surface area contributed by atoms with Crippen LogP contribution in [0.1, 0.15) is 45.4 Å². The Morgan fingerprint density at radius 1 is 1.56 bits per heavy atom. The number of nitrogens with zero attached hydrogens (tertiary/aromatic N) is 1. The topological polar surface area (TPSA) is 52.6 Å². The molecule has 16 heavy (non-hydrogen) atoms. The molecule has 1 amide bonds. The van der Waals surface area contributed by atoms with Gasteiger partial charge in [-0.15, -0.1) is 0 Å². The van der Waals surface area contributed by atoms with Gasteiger partial charge in [0.1, 0.15) is 0 Å². The number of rotatable bonds is 5. The second kappa shape index (κ2) is 4.62. The molecule has 2 N–H and O–H groups in total. The summed E-state index contributed by atoms with van der Waals surface area (Å²) >= 11 is 0. The molecule has 0 radical (unpaired) electrons. The Balaban J connectivity index is 1.94. The molecule has 92 valence electrons. The van der Waals surface area contributed by atoms with Crippen molar-refractivity contribution >= 4 is 6.09 Å². The lowest BCUT2D eigenvalue weighted by atomic mass is 9.92. The van der Waals surface area contributed by atoms with Crippen molar-refractivity contribution < 1.29 is 9.90 Å². The monoisotopic (exact) mass is 226 g/mol. The highest BCUT2D eigenvalue weighted by molar-refractivity contribution is 5.65. The molecule has 2 fully saturated rings. The Morgan fingerprint density at radius 2 is 2.31 bits per heavy atom. The fourth-order valence-corrected chi connectivity index (χ4v) is 2.77. The average Bonchev–Trinajstić information content (AvgIpc) is 2.99. The highest BCUT2D eigenvalue weighted by atomic mass is 16.4. The molecule has 1 saturated heterocycles. The van der Waals surface area contributed by atoms with Gasteiger partial charge >= 0.3 is 6.09 Å². The number of amides is 1. The molecule has 4 heteroatoms. The van der Waals surface area contributed by atoms with E-state index < -0.39 is 6.09 Å². The summed E-state index contributed by atoms with van der Waals surface area (Å²) in [6.45, 7) is 4.14. The molecule has 1 aliphatic carbocycles. The first-order chi connectivity index (χ1) is 7.65. The van der Waals surface area contributed by atoms with Crippen molar-refractivity contribution in [3.8, 4) is 0 Å². The molecule has 0 unspecified atom stereocenters. The number of hydrogen-bond donors (Lipinski definition) is 2. The van der Waals surface area contributed by atoms with Crippen LogP contribution in [0.25, 0.3) is 0 Å². The van der Waals surface area contributed by atoms with E-state index in [1.54, 1.807) is 0 Å². The van der Waals surface area contributed by atoms with Crippen LogP contribution in [0, 0.1) is 0 Å². The van der Waals surface area contributed by atoms with E-state index in [2.05, 4.69) is 17.1 Å². The van der Waals surface area contributed by atoms with Crippen LogP contribution in [0.15, 0.2) is 0 Å². The van der Waals surface area contributed by atoms with Crippen LogP contribution in [0.2, 0.25) is 0 Å². The number of unbranched alkanes of at least 4 members (excludes halogenated alkanes) is 1. The maximum absolute atomic E-state index is 10.9. The van der Waals surface area contributed by atoms with Gasteiger partial charge in [0.2, 0.25) is 0 Å². The number of likely N-dealkylation sites (tertiary alicyclic amines) is 1. The summed E-state index contributed by atoms with van der Waals surface area (Å²) in [7, 11) is 0. The van der Waals surface area contributed by atoms with Crippen LogP contribution in [0.4, 0.5) is 4.79 Å². The van der Waals surface area contributed by atoms with Gasteiger partial charge in [-0.05, 0) is 25.7 Å². The summed E-state index contributed by atoms with van der Waals surface area (Å²) in [4.78, 5) is 13.4. The van der Waals surface area contributed by atoms with E-state index >= 15 is 0 Å². The number of nitrogens with one attached hydrogen (secondary N) is 1. The van der Waals surface area contributed by atoms with Gasteiger partial charge in [0.25, 0.3) is 0 Å². The fraction of sp³-hybridized carbons (Fsp3) is 0.917. The lowest BCUT2D eigenvalue weighted by Crippen LogP contribution is -2.50. The summed E-state index contributed by atoms with van der Waals surface area (Å²) in [6, 6.07) is 0.749. The smallest absolute Gasteiger partial charge is 0.405 e. The number of hydrogen-bond acceptors (Lipinski definition) is 2. The van der Waals surface area contributed by atoms with Gasteiger partial charge in [-0.2, -0.15) is 0 Å². The Kier molecular flexibility index (Phi) is 3.38. The van der Waals surface area contributed by atoms with Crippen LogP contribution in [-0.2, 0) is 0 Å². The predicted molar refractivity (Wildman–Crippen MR) is 62.6 cm³/mol. The fourth-order valence-electron chi connectivity index (χ4n) is 2.77. The molecular formula is C12H22N2O2. The van der Waals surface area contributed by atoms with Crippen LogP contribution >= 0.6 is 0 Å². The van der Waals surface area contributed by atoms with Crippen LogP contribution in [0.3, 0.4) is 0 Å². The lowest BCUT2D eigenvalue weighted by molar-refractivity contribution is 0.172. The van der Waals surface area contributed by atoms with Crippen molar-refractivity contribution in [3.63, 3.8) is 0 Å². The molecule has 2 rings (SSSR count). The number of carboxylic acid groups (broad SMARTS) is 1. The zero-order valence-corrected chi connectivity index (χ0v) is 10.0. The zero-order valence-electron chi connectivity index (χ0n) is 10.0. The van der Waals surface area contributed by atoms with E-state index in [4.69, 9.17) is 5.11 Å². The summed E-state index contributed by atoms with van der Waals surface area (Å²) < 4.78 is 0. The van der Waals surface area contributed by atoms with Crippen LogP contribution in [-0.4, -0.2) is 40.8 Å². The van der Waals surface area contributed by atoms with E-state index in [0.717, 1.165) is 44.8 Å². The van der Waals surface area contributed by atoms with Crippen molar-refractivity contribution in [1.82, 2.24) is 10.2 Å². The second-order valence-electron chi connectivity index (χ2n) is 5.27. The normalized spacial score (nSPS) is 30.6. The highest BCUT2D eigenvalue weighted by Gasteiger charge is 2.43. The van der Waals surface area contributed by atoms with Gasteiger partial charge in [0.15, 0.2) is 0 Å². The van der Waals surface area contributed by atoms with E-state index in [-0.39, 0.29) is 5.54 Å². The Morgan fingerprint density at radius 3 is 2.88 bits per heavy atom. The Labute approximate surface area is 97.0 Å². The SMILES string of the molecule is CCCC[C@]1(NC(=O)O)CCN(C2CC2)C1. The number of carbonyl (C=O) groups is 1. The van der Waals surface area contributed by atoms with Gasteiger partial charge in [-0.1, -0.05) is 19.8 Å². The van der Waals surface area contributed by atoms with E-state index in [1.165, 1.54) is 12.8 Å². The van der Waals surface area contributed by atoms with Crippen LogP contribution in [0.5, 0.6) is 0 Å². The maximum Gasteiger partial charge on any atom is 0.405 e. The molecule has 0 aromatic heterocycles. The predicted octanol–water partition coefficient (Wildman–Crippen LogP) is 2.05. The first-order valence-corrected chi connectivity index (χ1v) is 6.40. The molecule has 4 nitrogen and oxygen atoms in total. The maximum atomic E-state index is 10.9. The minimum Gasteiger partial charge on any atom is -0.465 e. The standard InChI is InChI=1S/C12H22N2O2/c1-2-3-6-12(13-11(15)16)7-8-14(9-12)10-4-5-10/h10,13H,2-9H2,1H3,(H,15,16)/t12-/m0/s1. The minimum atomic E-state index is -0.867. The van der Waals surface area contributed by atoms with Gasteiger partial charge < -0.3 is 10.4 Å². The Bertz CT molecular complexity index is 266. The third-order valence-electron chi connectivity index (χ3n) is 3.83. The molecule has 1 saturated carbocycles. The van der Waals surface area contributed by atoms with Crippen molar-refractivity contribution in [2.75, 3.05) is 13.1 Å². The summed E-state index contributed by atoms with van der Waals surface area (Å²) in [6.07, 6.45) is 5.95. The molecule has 1 aliphatic heterocycles. The van der Waals surface area contributed by atoms with Crippen molar-refractivity contribution in [1.29, 1.82) is 0 Å². The first-order valence-electron chi connectivity index (χ1n) is 6.40. The quantitative estimate of drug-likeness (QED) is 0.754. The van der Waals surface area contributed by atoms with Crippen molar-refractivity contribution in [3.05, 3.63) is 0 Å². The minimum absolute atomic E-state index is 0.162. The second-order valence-corrected chi connectivity index (χ2v) is 5.27.